The van der Waals surface area contributed by atoms with Crippen LogP contribution >= 0.6 is 0 Å². The van der Waals surface area contributed by atoms with Gasteiger partial charge in [-0.25, -0.2) is 9.97 Å². The molecule has 0 radical (unpaired) electrons. The zero-order chi connectivity index (χ0) is 13.4. The maximum absolute atomic E-state index is 8.71. The zero-order valence-electron chi connectivity index (χ0n) is 11.4. The van der Waals surface area contributed by atoms with E-state index in [-0.39, 0.29) is 0 Å². The lowest BCUT2D eigenvalue weighted by Crippen LogP contribution is -2.26. The van der Waals surface area contributed by atoms with Crippen LogP contribution in [0.4, 0.5) is 11.6 Å². The molecule has 0 aliphatic heterocycles. The number of nitrogens with zero attached hydrogens (tertiary/aromatic N) is 4. The third-order valence-corrected chi connectivity index (χ3v) is 2.83. The molecule has 0 saturated carbocycles. The summed E-state index contributed by atoms with van der Waals surface area (Å²) in [7, 11) is 1.87. The first-order valence-corrected chi connectivity index (χ1v) is 6.41. The molecule has 0 fully saturated rings. The van der Waals surface area contributed by atoms with Crippen molar-refractivity contribution in [3.05, 3.63) is 11.9 Å². The van der Waals surface area contributed by atoms with Crippen molar-refractivity contribution in [3.63, 3.8) is 0 Å². The minimum atomic E-state index is 0.512. The number of hydrogen-bond donors (Lipinski definition) is 1. The number of anilines is 2. The zero-order valence-corrected chi connectivity index (χ0v) is 11.4. The smallest absolute Gasteiger partial charge is 0.137 e. The first-order chi connectivity index (χ1) is 8.78. The normalized spacial score (nSPS) is 9.89. The van der Waals surface area contributed by atoms with Crippen LogP contribution in [0.25, 0.3) is 0 Å². The molecule has 0 aliphatic carbocycles. The van der Waals surface area contributed by atoms with E-state index in [0.29, 0.717) is 13.0 Å². The lowest BCUT2D eigenvalue weighted by atomic mass is 10.1. The van der Waals surface area contributed by atoms with E-state index in [1.54, 1.807) is 6.33 Å². The van der Waals surface area contributed by atoms with Crippen molar-refractivity contribution < 1.29 is 0 Å². The van der Waals surface area contributed by atoms with Gasteiger partial charge in [-0.1, -0.05) is 13.3 Å². The first-order valence-electron chi connectivity index (χ1n) is 6.41. The summed E-state index contributed by atoms with van der Waals surface area (Å²) in [6.45, 7) is 5.78. The van der Waals surface area contributed by atoms with E-state index >= 15 is 0 Å². The Kier molecular flexibility index (Phi) is 5.92. The van der Waals surface area contributed by atoms with Crippen LogP contribution in [0.2, 0.25) is 0 Å². The summed E-state index contributed by atoms with van der Waals surface area (Å²) in [6, 6.07) is 2.18. The van der Waals surface area contributed by atoms with Gasteiger partial charge in [-0.2, -0.15) is 5.26 Å². The quantitative estimate of drug-likeness (QED) is 0.800. The van der Waals surface area contributed by atoms with Crippen molar-refractivity contribution in [2.75, 3.05) is 30.4 Å². The number of rotatable bonds is 7. The summed E-state index contributed by atoms with van der Waals surface area (Å²) in [5, 5.41) is 11.8. The summed E-state index contributed by atoms with van der Waals surface area (Å²) >= 11 is 0. The molecule has 0 unspecified atom stereocenters. The predicted octanol–water partition coefficient (Wildman–Crippen LogP) is 2.21. The number of hydrogen-bond acceptors (Lipinski definition) is 5. The highest BCUT2D eigenvalue weighted by atomic mass is 15.2. The Morgan fingerprint density at radius 1 is 1.39 bits per heavy atom. The van der Waals surface area contributed by atoms with E-state index in [1.807, 2.05) is 7.05 Å². The third kappa shape index (κ3) is 3.33. The molecule has 0 aromatic carbocycles. The van der Waals surface area contributed by atoms with Gasteiger partial charge in [0.15, 0.2) is 0 Å². The van der Waals surface area contributed by atoms with Gasteiger partial charge in [0, 0.05) is 25.7 Å². The highest BCUT2D eigenvalue weighted by Gasteiger charge is 2.14. The van der Waals surface area contributed by atoms with Gasteiger partial charge in [-0.05, 0) is 13.3 Å². The van der Waals surface area contributed by atoms with Gasteiger partial charge in [0.25, 0.3) is 0 Å². The first kappa shape index (κ1) is 14.2. The van der Waals surface area contributed by atoms with Gasteiger partial charge < -0.3 is 10.2 Å². The summed E-state index contributed by atoms with van der Waals surface area (Å²) in [6.07, 6.45) is 4.08. The van der Waals surface area contributed by atoms with Crippen LogP contribution < -0.4 is 10.2 Å². The average Bonchev–Trinajstić information content (AvgIpc) is 2.41. The van der Waals surface area contributed by atoms with Crippen LogP contribution in [0.3, 0.4) is 0 Å². The third-order valence-electron chi connectivity index (χ3n) is 2.83. The van der Waals surface area contributed by atoms with Crippen molar-refractivity contribution in [2.24, 2.45) is 0 Å². The Labute approximate surface area is 109 Å². The van der Waals surface area contributed by atoms with Gasteiger partial charge in [0.1, 0.15) is 18.0 Å². The Morgan fingerprint density at radius 2 is 2.17 bits per heavy atom. The molecule has 1 aromatic rings. The summed E-state index contributed by atoms with van der Waals surface area (Å²) < 4.78 is 0. The van der Waals surface area contributed by atoms with E-state index in [1.165, 1.54) is 0 Å². The van der Waals surface area contributed by atoms with Crippen molar-refractivity contribution >= 4 is 11.6 Å². The van der Waals surface area contributed by atoms with E-state index in [4.69, 9.17) is 5.26 Å². The maximum atomic E-state index is 8.71. The fraction of sp³-hybridized carbons (Fsp3) is 0.615. The second kappa shape index (κ2) is 7.49. The van der Waals surface area contributed by atoms with E-state index in [9.17, 15) is 0 Å². The summed E-state index contributed by atoms with van der Waals surface area (Å²) in [4.78, 5) is 10.8. The van der Waals surface area contributed by atoms with Crippen LogP contribution in [0, 0.1) is 11.3 Å². The fourth-order valence-electron chi connectivity index (χ4n) is 1.97. The van der Waals surface area contributed by atoms with E-state index in [2.05, 4.69) is 40.1 Å². The Bertz CT molecular complexity index is 410. The molecule has 1 heterocycles. The van der Waals surface area contributed by atoms with Crippen LogP contribution in [0.15, 0.2) is 6.33 Å². The van der Waals surface area contributed by atoms with E-state index < -0.39 is 0 Å². The molecule has 1 N–H and O–H groups in total. The van der Waals surface area contributed by atoms with Crippen LogP contribution in [0.1, 0.15) is 32.3 Å². The molecule has 5 nitrogen and oxygen atoms in total. The molecule has 0 amide bonds. The van der Waals surface area contributed by atoms with Gasteiger partial charge in [-0.3, -0.25) is 0 Å². The summed E-state index contributed by atoms with van der Waals surface area (Å²) in [5.41, 5.74) is 1.14. The molecule has 5 heteroatoms. The monoisotopic (exact) mass is 247 g/mol. The van der Waals surface area contributed by atoms with E-state index in [0.717, 1.165) is 36.6 Å². The molecule has 18 heavy (non-hydrogen) atoms. The standard InChI is InChI=1S/C13H21N5/c1-4-7-11-12(15-3)16-10-17-13(11)18(5-2)9-6-8-14/h10H,4-7,9H2,1-3H3,(H,15,16,17). The lowest BCUT2D eigenvalue weighted by Gasteiger charge is -2.24. The predicted molar refractivity (Wildman–Crippen MR) is 73.7 cm³/mol. The highest BCUT2D eigenvalue weighted by molar-refractivity contribution is 5.58. The number of nitrogens with one attached hydrogen (secondary N) is 1. The second-order valence-corrected chi connectivity index (χ2v) is 4.01. The van der Waals surface area contributed by atoms with Crippen LogP contribution in [-0.4, -0.2) is 30.1 Å². The van der Waals surface area contributed by atoms with Crippen molar-refractivity contribution in [2.45, 2.75) is 33.1 Å². The molecule has 0 spiro atoms. The topological polar surface area (TPSA) is 64.8 Å². The number of aromatic nitrogens is 2. The Morgan fingerprint density at radius 3 is 2.72 bits per heavy atom. The van der Waals surface area contributed by atoms with Crippen molar-refractivity contribution in [1.82, 2.24) is 9.97 Å². The largest absolute Gasteiger partial charge is 0.373 e. The highest BCUT2D eigenvalue weighted by Crippen LogP contribution is 2.24. The molecule has 0 bridgehead atoms. The molecule has 0 atom stereocenters. The molecule has 0 saturated heterocycles. The van der Waals surface area contributed by atoms with Crippen molar-refractivity contribution in [3.8, 4) is 6.07 Å². The molecule has 98 valence electrons. The molecular formula is C13H21N5. The SMILES string of the molecule is CCCc1c(NC)ncnc1N(CC)CCC#N. The fourth-order valence-corrected chi connectivity index (χ4v) is 1.97. The molecule has 1 rings (SSSR count). The molecular weight excluding hydrogens is 226 g/mol. The maximum Gasteiger partial charge on any atom is 0.137 e. The van der Waals surface area contributed by atoms with Gasteiger partial charge in [0.2, 0.25) is 0 Å². The minimum absolute atomic E-state index is 0.512. The number of nitriles is 1. The Balaban J connectivity index is 3.08. The van der Waals surface area contributed by atoms with Gasteiger partial charge in [-0.15, -0.1) is 0 Å². The van der Waals surface area contributed by atoms with Crippen LogP contribution in [-0.2, 0) is 6.42 Å². The average molecular weight is 247 g/mol. The minimum Gasteiger partial charge on any atom is -0.373 e. The summed E-state index contributed by atoms with van der Waals surface area (Å²) in [5.74, 6) is 1.84. The molecule has 1 aromatic heterocycles. The van der Waals surface area contributed by atoms with Gasteiger partial charge >= 0.3 is 0 Å². The van der Waals surface area contributed by atoms with Gasteiger partial charge in [0.05, 0.1) is 12.5 Å². The Hall–Kier alpha value is -1.83. The van der Waals surface area contributed by atoms with Crippen molar-refractivity contribution in [1.29, 1.82) is 5.26 Å². The lowest BCUT2D eigenvalue weighted by molar-refractivity contribution is 0.788. The van der Waals surface area contributed by atoms with Crippen LogP contribution in [0.5, 0.6) is 0 Å². The molecule has 0 aliphatic rings. The second-order valence-electron chi connectivity index (χ2n) is 4.01.